The van der Waals surface area contributed by atoms with Gasteiger partial charge in [-0.25, -0.2) is 4.39 Å². The van der Waals surface area contributed by atoms with Crippen molar-refractivity contribution >= 4 is 15.9 Å². The van der Waals surface area contributed by atoms with Crippen LogP contribution in [-0.4, -0.2) is 31.1 Å². The second kappa shape index (κ2) is 7.36. The number of nitrogens with one attached hydrogen (secondary N) is 1. The van der Waals surface area contributed by atoms with E-state index in [0.29, 0.717) is 0 Å². The fourth-order valence-electron chi connectivity index (χ4n) is 2.58. The predicted octanol–water partition coefficient (Wildman–Crippen LogP) is 3.72. The minimum Gasteiger partial charge on any atom is -0.309 e. The third-order valence-electron chi connectivity index (χ3n) is 3.76. The molecule has 0 saturated carbocycles. The van der Waals surface area contributed by atoms with Gasteiger partial charge in [0, 0.05) is 29.2 Å². The average molecular weight is 329 g/mol. The Bertz CT molecular complexity index is 405. The van der Waals surface area contributed by atoms with E-state index < -0.39 is 0 Å². The maximum atomic E-state index is 13.8. The maximum Gasteiger partial charge on any atom is 0.129 e. The van der Waals surface area contributed by atoms with Crippen molar-refractivity contribution < 1.29 is 4.39 Å². The number of halogens is 2. The number of likely N-dealkylation sites (tertiary alicyclic amines) is 1. The van der Waals surface area contributed by atoms with Gasteiger partial charge in [-0.3, -0.25) is 0 Å². The molecule has 0 aromatic heterocycles. The molecule has 1 saturated heterocycles. The second-order valence-electron chi connectivity index (χ2n) is 5.24. The molecule has 1 aliphatic heterocycles. The van der Waals surface area contributed by atoms with Crippen LogP contribution in [0.3, 0.4) is 0 Å². The fraction of sp³-hybridized carbons (Fsp3) is 0.600. The molecule has 0 spiro atoms. The normalized spacial score (nSPS) is 18.5. The zero-order chi connectivity index (χ0) is 13.7. The summed E-state index contributed by atoms with van der Waals surface area (Å²) in [5.74, 6) is -0.146. The van der Waals surface area contributed by atoms with E-state index in [0.717, 1.165) is 23.1 Å². The van der Waals surface area contributed by atoms with Gasteiger partial charge in [-0.2, -0.15) is 0 Å². The van der Waals surface area contributed by atoms with Crippen molar-refractivity contribution in [3.8, 4) is 0 Å². The standard InChI is InChI=1S/C15H22BrFN2/c1-12(14-6-5-13(16)11-15(14)17)18-7-10-19-8-3-2-4-9-19/h5-6,11-12,18H,2-4,7-10H2,1H3. The number of nitrogens with zero attached hydrogens (tertiary/aromatic N) is 1. The summed E-state index contributed by atoms with van der Waals surface area (Å²) in [7, 11) is 0. The molecule has 1 aromatic rings. The Morgan fingerprint density at radius 2 is 2.05 bits per heavy atom. The van der Waals surface area contributed by atoms with Gasteiger partial charge in [0.1, 0.15) is 5.82 Å². The summed E-state index contributed by atoms with van der Waals surface area (Å²) in [4.78, 5) is 2.49. The third kappa shape index (κ3) is 4.55. The molecule has 2 nitrogen and oxygen atoms in total. The van der Waals surface area contributed by atoms with Crippen molar-refractivity contribution in [3.05, 3.63) is 34.1 Å². The largest absolute Gasteiger partial charge is 0.309 e. The summed E-state index contributed by atoms with van der Waals surface area (Å²) >= 11 is 3.28. The second-order valence-corrected chi connectivity index (χ2v) is 6.16. The smallest absolute Gasteiger partial charge is 0.129 e. The van der Waals surface area contributed by atoms with E-state index in [1.165, 1.54) is 38.4 Å². The SMILES string of the molecule is CC(NCCN1CCCCC1)c1ccc(Br)cc1F. The molecule has 1 unspecified atom stereocenters. The summed E-state index contributed by atoms with van der Waals surface area (Å²) in [6.45, 7) is 6.41. The van der Waals surface area contributed by atoms with Crippen molar-refractivity contribution in [2.24, 2.45) is 0 Å². The molecule has 1 aliphatic rings. The number of benzene rings is 1. The number of hydrogen-bond acceptors (Lipinski definition) is 2. The molecular weight excluding hydrogens is 307 g/mol. The van der Waals surface area contributed by atoms with E-state index in [2.05, 4.69) is 26.1 Å². The molecule has 1 N–H and O–H groups in total. The zero-order valence-electron chi connectivity index (χ0n) is 11.5. The molecule has 19 heavy (non-hydrogen) atoms. The highest BCUT2D eigenvalue weighted by molar-refractivity contribution is 9.10. The van der Waals surface area contributed by atoms with Crippen molar-refractivity contribution in [2.45, 2.75) is 32.2 Å². The lowest BCUT2D eigenvalue weighted by molar-refractivity contribution is 0.226. The molecule has 0 aliphatic carbocycles. The highest BCUT2D eigenvalue weighted by Gasteiger charge is 2.12. The van der Waals surface area contributed by atoms with Crippen molar-refractivity contribution in [1.82, 2.24) is 10.2 Å². The highest BCUT2D eigenvalue weighted by atomic mass is 79.9. The van der Waals surface area contributed by atoms with Crippen LogP contribution >= 0.6 is 15.9 Å². The first-order valence-electron chi connectivity index (χ1n) is 7.07. The lowest BCUT2D eigenvalue weighted by atomic mass is 10.1. The summed E-state index contributed by atoms with van der Waals surface area (Å²) in [6, 6.07) is 5.31. The lowest BCUT2D eigenvalue weighted by Crippen LogP contribution is -2.36. The molecule has 0 amide bonds. The van der Waals surface area contributed by atoms with E-state index in [1.54, 1.807) is 0 Å². The van der Waals surface area contributed by atoms with Crippen LogP contribution in [0, 0.1) is 5.82 Å². The first kappa shape index (κ1) is 14.9. The van der Waals surface area contributed by atoms with Crippen LogP contribution in [0.4, 0.5) is 4.39 Å². The minimum absolute atomic E-state index is 0.0536. The van der Waals surface area contributed by atoms with Crippen LogP contribution in [-0.2, 0) is 0 Å². The van der Waals surface area contributed by atoms with Gasteiger partial charge >= 0.3 is 0 Å². The zero-order valence-corrected chi connectivity index (χ0v) is 13.0. The summed E-state index contributed by atoms with van der Waals surface area (Å²) in [5, 5.41) is 3.41. The van der Waals surface area contributed by atoms with Crippen molar-refractivity contribution in [3.63, 3.8) is 0 Å². The molecule has 1 aromatic carbocycles. The molecule has 4 heteroatoms. The molecule has 0 radical (unpaired) electrons. The van der Waals surface area contributed by atoms with Crippen molar-refractivity contribution in [2.75, 3.05) is 26.2 Å². The molecule has 1 fully saturated rings. The van der Waals surface area contributed by atoms with Crippen LogP contribution in [0.2, 0.25) is 0 Å². The summed E-state index contributed by atoms with van der Waals surface area (Å²) < 4.78 is 14.6. The highest BCUT2D eigenvalue weighted by Crippen LogP contribution is 2.20. The molecule has 2 rings (SSSR count). The molecule has 1 heterocycles. The summed E-state index contributed by atoms with van der Waals surface area (Å²) in [6.07, 6.45) is 4.00. The van der Waals surface area contributed by atoms with Gasteiger partial charge in [-0.1, -0.05) is 28.4 Å². The summed E-state index contributed by atoms with van der Waals surface area (Å²) in [5.41, 5.74) is 0.738. The Kier molecular flexibility index (Phi) is 5.79. The van der Waals surface area contributed by atoms with Crippen LogP contribution in [0.15, 0.2) is 22.7 Å². The lowest BCUT2D eigenvalue weighted by Gasteiger charge is -2.27. The van der Waals surface area contributed by atoms with Crippen LogP contribution < -0.4 is 5.32 Å². The van der Waals surface area contributed by atoms with E-state index in [9.17, 15) is 4.39 Å². The Balaban J connectivity index is 1.78. The Hall–Kier alpha value is -0.450. The quantitative estimate of drug-likeness (QED) is 0.886. The van der Waals surface area contributed by atoms with Crippen LogP contribution in [0.5, 0.6) is 0 Å². The van der Waals surface area contributed by atoms with E-state index in [-0.39, 0.29) is 11.9 Å². The van der Waals surface area contributed by atoms with Gasteiger partial charge in [0.05, 0.1) is 0 Å². The van der Waals surface area contributed by atoms with Gasteiger partial charge < -0.3 is 10.2 Å². The first-order chi connectivity index (χ1) is 9.16. The molecule has 106 valence electrons. The van der Waals surface area contributed by atoms with Gasteiger partial charge in [0.15, 0.2) is 0 Å². The number of piperidine rings is 1. The van der Waals surface area contributed by atoms with E-state index >= 15 is 0 Å². The molecular formula is C15H22BrFN2. The molecule has 0 bridgehead atoms. The van der Waals surface area contributed by atoms with E-state index in [4.69, 9.17) is 0 Å². The Morgan fingerprint density at radius 3 is 2.74 bits per heavy atom. The molecule has 1 atom stereocenters. The average Bonchev–Trinajstić information content (AvgIpc) is 2.39. The van der Waals surface area contributed by atoms with E-state index in [1.807, 2.05) is 19.1 Å². The maximum absolute atomic E-state index is 13.8. The Morgan fingerprint density at radius 1 is 1.32 bits per heavy atom. The van der Waals surface area contributed by atoms with Gasteiger partial charge in [0.2, 0.25) is 0 Å². The van der Waals surface area contributed by atoms with Gasteiger partial charge in [-0.05, 0) is 45.0 Å². The van der Waals surface area contributed by atoms with Crippen LogP contribution in [0.25, 0.3) is 0 Å². The monoisotopic (exact) mass is 328 g/mol. The minimum atomic E-state index is -0.146. The first-order valence-corrected chi connectivity index (χ1v) is 7.87. The van der Waals surface area contributed by atoms with Gasteiger partial charge in [-0.15, -0.1) is 0 Å². The Labute approximate surface area is 123 Å². The van der Waals surface area contributed by atoms with Gasteiger partial charge in [0.25, 0.3) is 0 Å². The number of hydrogen-bond donors (Lipinski definition) is 1. The van der Waals surface area contributed by atoms with Crippen LogP contribution in [0.1, 0.15) is 37.8 Å². The fourth-order valence-corrected chi connectivity index (χ4v) is 2.92. The third-order valence-corrected chi connectivity index (χ3v) is 4.25. The number of rotatable bonds is 5. The predicted molar refractivity (Wildman–Crippen MR) is 80.8 cm³/mol. The topological polar surface area (TPSA) is 15.3 Å². The van der Waals surface area contributed by atoms with Crippen molar-refractivity contribution in [1.29, 1.82) is 0 Å².